The number of hydrogen-bond donors (Lipinski definition) is 0. The van der Waals surface area contributed by atoms with E-state index in [9.17, 15) is 26.4 Å². The topological polar surface area (TPSA) is 57.7 Å². The molecule has 0 aromatic rings. The molecule has 0 saturated carbocycles. The van der Waals surface area contributed by atoms with Gasteiger partial charge in [-0.2, -0.15) is 17.5 Å². The Balaban J connectivity index is 5.01. The summed E-state index contributed by atoms with van der Waals surface area (Å²) >= 11 is 0. The third kappa shape index (κ3) is 6.20. The Bertz CT molecular complexity index is 379. The van der Waals surface area contributed by atoms with Crippen LogP contribution in [0.2, 0.25) is 0 Å². The molecular formula is C9H17F3N2O3S. The highest BCUT2D eigenvalue weighted by molar-refractivity contribution is 7.89. The van der Waals surface area contributed by atoms with Crippen LogP contribution in [0.15, 0.2) is 0 Å². The number of likely N-dealkylation sites (N-methyl/N-ethyl adjacent to an activating group) is 1. The molecule has 0 N–H and O–H groups in total. The first-order chi connectivity index (χ1) is 7.99. The summed E-state index contributed by atoms with van der Waals surface area (Å²) in [6.45, 7) is -0.902. The fraction of sp³-hybridized carbons (Fsp3) is 0.889. The largest absolute Gasteiger partial charge is 0.402 e. The summed E-state index contributed by atoms with van der Waals surface area (Å²) in [5.41, 5.74) is 0. The fourth-order valence-corrected chi connectivity index (χ4v) is 2.56. The van der Waals surface area contributed by atoms with Gasteiger partial charge in [-0.1, -0.05) is 6.92 Å². The van der Waals surface area contributed by atoms with E-state index in [0.717, 1.165) is 4.90 Å². The van der Waals surface area contributed by atoms with E-state index in [1.54, 1.807) is 0 Å². The maximum absolute atomic E-state index is 12.3. The molecule has 108 valence electrons. The van der Waals surface area contributed by atoms with Gasteiger partial charge in [0, 0.05) is 14.1 Å². The van der Waals surface area contributed by atoms with Crippen LogP contribution >= 0.6 is 0 Å². The van der Waals surface area contributed by atoms with E-state index >= 15 is 0 Å². The van der Waals surface area contributed by atoms with E-state index in [1.807, 2.05) is 0 Å². The van der Waals surface area contributed by atoms with Crippen molar-refractivity contribution in [3.05, 3.63) is 0 Å². The van der Waals surface area contributed by atoms with Crippen LogP contribution in [0.25, 0.3) is 0 Å². The first-order valence-electron chi connectivity index (χ1n) is 5.24. The van der Waals surface area contributed by atoms with Crippen molar-refractivity contribution in [3.8, 4) is 0 Å². The molecule has 0 heterocycles. The van der Waals surface area contributed by atoms with E-state index < -0.39 is 40.9 Å². The maximum atomic E-state index is 12.3. The molecule has 0 aromatic carbocycles. The van der Waals surface area contributed by atoms with Crippen molar-refractivity contribution in [2.24, 2.45) is 0 Å². The van der Waals surface area contributed by atoms with Gasteiger partial charge in [-0.05, 0) is 6.42 Å². The standard InChI is InChI=1S/C9H17F3N2O3S/c1-4-5-18(16,17)14(7-9(10,11)12)6-8(15)13(2)3/h4-7H2,1-3H3. The molecule has 0 fully saturated rings. The number of carbonyl (C=O) groups is 1. The SMILES string of the molecule is CCCS(=O)(=O)N(CC(=O)N(C)C)CC(F)(F)F. The van der Waals surface area contributed by atoms with Gasteiger partial charge in [-0.25, -0.2) is 8.42 Å². The third-order valence-electron chi connectivity index (χ3n) is 2.02. The zero-order valence-electron chi connectivity index (χ0n) is 10.5. The molecule has 1 amide bonds. The van der Waals surface area contributed by atoms with Gasteiger partial charge in [0.1, 0.15) is 6.54 Å². The van der Waals surface area contributed by atoms with Crippen molar-refractivity contribution in [2.75, 3.05) is 32.9 Å². The minimum absolute atomic E-state index is 0.179. The first kappa shape index (κ1) is 17.2. The van der Waals surface area contributed by atoms with E-state index in [-0.39, 0.29) is 10.7 Å². The smallest absolute Gasteiger partial charge is 0.348 e. The number of hydrogen-bond acceptors (Lipinski definition) is 3. The summed E-state index contributed by atoms with van der Waals surface area (Å²) in [6.07, 6.45) is -4.49. The lowest BCUT2D eigenvalue weighted by molar-refractivity contribution is -0.141. The number of halogens is 3. The third-order valence-corrected chi connectivity index (χ3v) is 3.99. The quantitative estimate of drug-likeness (QED) is 0.723. The van der Waals surface area contributed by atoms with E-state index in [4.69, 9.17) is 0 Å². The van der Waals surface area contributed by atoms with Gasteiger partial charge in [0.05, 0.1) is 12.3 Å². The Morgan fingerprint density at radius 1 is 1.22 bits per heavy atom. The van der Waals surface area contributed by atoms with E-state index in [2.05, 4.69) is 0 Å². The summed E-state index contributed by atoms with van der Waals surface area (Å²) in [5, 5.41) is 0. The van der Waals surface area contributed by atoms with Crippen LogP contribution in [0.5, 0.6) is 0 Å². The van der Waals surface area contributed by atoms with Crippen LogP contribution < -0.4 is 0 Å². The molecule has 0 atom stereocenters. The van der Waals surface area contributed by atoms with Gasteiger partial charge >= 0.3 is 6.18 Å². The van der Waals surface area contributed by atoms with Crippen LogP contribution in [0.4, 0.5) is 13.2 Å². The monoisotopic (exact) mass is 290 g/mol. The predicted molar refractivity (Wildman–Crippen MR) is 60.4 cm³/mol. The Hall–Kier alpha value is -0.830. The van der Waals surface area contributed by atoms with Crippen LogP contribution in [-0.4, -0.2) is 62.6 Å². The molecule has 0 rings (SSSR count). The molecule has 0 aliphatic rings. The Kier molecular flexibility index (Phi) is 6.08. The molecule has 0 aliphatic carbocycles. The highest BCUT2D eigenvalue weighted by Crippen LogP contribution is 2.19. The molecule has 18 heavy (non-hydrogen) atoms. The van der Waals surface area contributed by atoms with Gasteiger partial charge in [-0.15, -0.1) is 0 Å². The lowest BCUT2D eigenvalue weighted by atomic mass is 10.5. The summed E-state index contributed by atoms with van der Waals surface area (Å²) in [5.74, 6) is -1.11. The number of sulfonamides is 1. The number of alkyl halides is 3. The second kappa shape index (κ2) is 6.37. The number of rotatable bonds is 6. The summed E-state index contributed by atoms with van der Waals surface area (Å²) in [6, 6.07) is 0. The van der Waals surface area contributed by atoms with Crippen LogP contribution in [-0.2, 0) is 14.8 Å². The molecule has 0 radical (unpaired) electrons. The summed E-state index contributed by atoms with van der Waals surface area (Å²) in [7, 11) is -1.37. The molecule has 0 bridgehead atoms. The van der Waals surface area contributed by atoms with Crippen molar-refractivity contribution >= 4 is 15.9 Å². The van der Waals surface area contributed by atoms with Crippen molar-refractivity contribution < 1.29 is 26.4 Å². The van der Waals surface area contributed by atoms with Gasteiger partial charge < -0.3 is 4.90 Å². The molecule has 5 nitrogen and oxygen atoms in total. The highest BCUT2D eigenvalue weighted by atomic mass is 32.2. The average Bonchev–Trinajstić information content (AvgIpc) is 2.14. The molecule has 0 saturated heterocycles. The Labute approximate surface area is 105 Å². The Morgan fingerprint density at radius 3 is 2.06 bits per heavy atom. The zero-order valence-corrected chi connectivity index (χ0v) is 11.3. The van der Waals surface area contributed by atoms with Crippen LogP contribution in [0.1, 0.15) is 13.3 Å². The van der Waals surface area contributed by atoms with E-state index in [1.165, 1.54) is 21.0 Å². The van der Waals surface area contributed by atoms with Gasteiger partial charge in [0.2, 0.25) is 15.9 Å². The lowest BCUT2D eigenvalue weighted by Crippen LogP contribution is -2.45. The number of amides is 1. The van der Waals surface area contributed by atoms with Gasteiger partial charge in [0.15, 0.2) is 0 Å². The lowest BCUT2D eigenvalue weighted by Gasteiger charge is -2.24. The highest BCUT2D eigenvalue weighted by Gasteiger charge is 2.37. The summed E-state index contributed by atoms with van der Waals surface area (Å²) in [4.78, 5) is 12.4. The van der Waals surface area contributed by atoms with Crippen molar-refractivity contribution in [3.63, 3.8) is 0 Å². The van der Waals surface area contributed by atoms with Crippen LogP contribution in [0.3, 0.4) is 0 Å². The molecule has 9 heteroatoms. The van der Waals surface area contributed by atoms with Crippen molar-refractivity contribution in [1.82, 2.24) is 9.21 Å². The zero-order chi connectivity index (χ0) is 14.6. The predicted octanol–water partition coefficient (Wildman–Crippen LogP) is 0.679. The minimum atomic E-state index is -4.67. The first-order valence-corrected chi connectivity index (χ1v) is 6.85. The van der Waals surface area contributed by atoms with Crippen LogP contribution in [0, 0.1) is 0 Å². The minimum Gasteiger partial charge on any atom is -0.348 e. The van der Waals surface area contributed by atoms with E-state index in [0.29, 0.717) is 0 Å². The Morgan fingerprint density at radius 2 is 1.72 bits per heavy atom. The summed E-state index contributed by atoms with van der Waals surface area (Å²) < 4.78 is 60.3. The maximum Gasteiger partial charge on any atom is 0.402 e. The molecular weight excluding hydrogens is 273 g/mol. The fourth-order valence-electron chi connectivity index (χ4n) is 1.13. The molecule has 0 aromatic heterocycles. The van der Waals surface area contributed by atoms with Gasteiger partial charge in [-0.3, -0.25) is 4.79 Å². The number of carbonyl (C=O) groups excluding carboxylic acids is 1. The normalized spacial score (nSPS) is 12.8. The second-order valence-electron chi connectivity index (χ2n) is 3.99. The van der Waals surface area contributed by atoms with Crippen molar-refractivity contribution in [1.29, 1.82) is 0 Å². The molecule has 0 aliphatic heterocycles. The molecule has 0 spiro atoms. The van der Waals surface area contributed by atoms with Gasteiger partial charge in [0.25, 0.3) is 0 Å². The second-order valence-corrected chi connectivity index (χ2v) is 6.08. The number of nitrogens with zero attached hydrogens (tertiary/aromatic N) is 2. The van der Waals surface area contributed by atoms with Crippen molar-refractivity contribution in [2.45, 2.75) is 19.5 Å². The average molecular weight is 290 g/mol. The molecule has 0 unspecified atom stereocenters.